The fourth-order valence-corrected chi connectivity index (χ4v) is 1.84. The van der Waals surface area contributed by atoms with E-state index in [9.17, 15) is 4.39 Å². The third-order valence-electron chi connectivity index (χ3n) is 2.82. The second-order valence-electron chi connectivity index (χ2n) is 4.07. The second-order valence-corrected chi connectivity index (χ2v) is 4.07. The van der Waals surface area contributed by atoms with E-state index in [4.69, 9.17) is 5.73 Å². The van der Waals surface area contributed by atoms with Gasteiger partial charge in [0.05, 0.1) is 5.52 Å². The smallest absolute Gasteiger partial charge is 0.125 e. The van der Waals surface area contributed by atoms with Crippen LogP contribution in [0.4, 0.5) is 10.1 Å². The highest BCUT2D eigenvalue weighted by Crippen LogP contribution is 2.40. The van der Waals surface area contributed by atoms with Gasteiger partial charge in [0.15, 0.2) is 0 Å². The lowest BCUT2D eigenvalue weighted by Crippen LogP contribution is -1.94. The number of hydrogen-bond acceptors (Lipinski definition) is 2. The van der Waals surface area contributed by atoms with E-state index in [0.717, 1.165) is 11.1 Å². The molecule has 1 aromatic heterocycles. The van der Waals surface area contributed by atoms with Crippen LogP contribution in [-0.2, 0) is 0 Å². The number of nitrogens with zero attached hydrogens (tertiary/aromatic N) is 1. The summed E-state index contributed by atoms with van der Waals surface area (Å²) in [5.41, 5.74) is 8.28. The lowest BCUT2D eigenvalue weighted by atomic mass is 10.1. The van der Waals surface area contributed by atoms with Crippen LogP contribution in [0.25, 0.3) is 10.9 Å². The van der Waals surface area contributed by atoms with E-state index < -0.39 is 0 Å². The van der Waals surface area contributed by atoms with Gasteiger partial charge in [0.25, 0.3) is 0 Å². The quantitative estimate of drug-likeness (QED) is 0.772. The Balaban J connectivity index is 2.27. The molecule has 0 amide bonds. The maximum absolute atomic E-state index is 13.0. The van der Waals surface area contributed by atoms with Crippen LogP contribution in [0.15, 0.2) is 24.3 Å². The second kappa shape index (κ2) is 2.92. The summed E-state index contributed by atoms with van der Waals surface area (Å²) in [5, 5.41) is 0.834. The van der Waals surface area contributed by atoms with Crippen LogP contribution < -0.4 is 5.73 Å². The van der Waals surface area contributed by atoms with Gasteiger partial charge in [-0.25, -0.2) is 4.39 Å². The number of nitrogen functional groups attached to an aromatic ring is 1. The molecule has 1 fully saturated rings. The van der Waals surface area contributed by atoms with E-state index in [0.29, 0.717) is 17.1 Å². The molecule has 1 heterocycles. The molecule has 0 bridgehead atoms. The number of halogens is 1. The molecule has 0 atom stereocenters. The van der Waals surface area contributed by atoms with E-state index in [1.807, 2.05) is 6.07 Å². The molecule has 76 valence electrons. The molecule has 2 N–H and O–H groups in total. The maximum atomic E-state index is 13.0. The van der Waals surface area contributed by atoms with Crippen molar-refractivity contribution in [1.82, 2.24) is 4.98 Å². The Morgan fingerprint density at radius 1 is 1.27 bits per heavy atom. The van der Waals surface area contributed by atoms with Crippen LogP contribution >= 0.6 is 0 Å². The van der Waals surface area contributed by atoms with E-state index >= 15 is 0 Å². The summed E-state index contributed by atoms with van der Waals surface area (Å²) in [7, 11) is 0. The largest absolute Gasteiger partial charge is 0.398 e. The van der Waals surface area contributed by atoms with Gasteiger partial charge in [0.1, 0.15) is 5.82 Å². The van der Waals surface area contributed by atoms with E-state index in [1.165, 1.54) is 25.0 Å². The highest BCUT2D eigenvalue weighted by atomic mass is 19.1. The summed E-state index contributed by atoms with van der Waals surface area (Å²) >= 11 is 0. The van der Waals surface area contributed by atoms with Gasteiger partial charge in [0, 0.05) is 28.8 Å². The fourth-order valence-electron chi connectivity index (χ4n) is 1.84. The molecule has 0 unspecified atom stereocenters. The van der Waals surface area contributed by atoms with Crippen molar-refractivity contribution in [2.75, 3.05) is 5.73 Å². The van der Waals surface area contributed by atoms with Gasteiger partial charge in [-0.05, 0) is 31.0 Å². The van der Waals surface area contributed by atoms with Crippen molar-refractivity contribution < 1.29 is 4.39 Å². The summed E-state index contributed by atoms with van der Waals surface area (Å²) in [6, 6.07) is 6.45. The Hall–Kier alpha value is -1.64. The highest BCUT2D eigenvalue weighted by molar-refractivity contribution is 5.90. The number of hydrogen-bond donors (Lipinski definition) is 1. The molecule has 0 radical (unpaired) electrons. The van der Waals surface area contributed by atoms with Crippen LogP contribution in [-0.4, -0.2) is 4.98 Å². The van der Waals surface area contributed by atoms with Crippen molar-refractivity contribution in [2.45, 2.75) is 18.8 Å². The first-order chi connectivity index (χ1) is 7.24. The predicted octanol–water partition coefficient (Wildman–Crippen LogP) is 2.83. The Morgan fingerprint density at radius 2 is 2.07 bits per heavy atom. The lowest BCUT2D eigenvalue weighted by molar-refractivity contribution is 0.629. The number of pyridine rings is 1. The van der Waals surface area contributed by atoms with Gasteiger partial charge >= 0.3 is 0 Å². The van der Waals surface area contributed by atoms with Crippen LogP contribution in [0.2, 0.25) is 0 Å². The molecule has 0 saturated heterocycles. The average molecular weight is 202 g/mol. The normalized spacial score (nSPS) is 15.8. The van der Waals surface area contributed by atoms with Crippen molar-refractivity contribution in [3.63, 3.8) is 0 Å². The average Bonchev–Trinajstić information content (AvgIpc) is 2.99. The summed E-state index contributed by atoms with van der Waals surface area (Å²) in [6.45, 7) is 0. The highest BCUT2D eigenvalue weighted by Gasteiger charge is 2.25. The number of nitrogens with two attached hydrogens (primary N) is 1. The molecule has 1 aliphatic carbocycles. The predicted molar refractivity (Wildman–Crippen MR) is 58.1 cm³/mol. The minimum Gasteiger partial charge on any atom is -0.398 e. The minimum atomic E-state index is -0.262. The topological polar surface area (TPSA) is 38.9 Å². The Labute approximate surface area is 86.9 Å². The molecule has 2 nitrogen and oxygen atoms in total. The Morgan fingerprint density at radius 3 is 2.80 bits per heavy atom. The van der Waals surface area contributed by atoms with Crippen LogP contribution in [0.3, 0.4) is 0 Å². The molecule has 1 saturated carbocycles. The molecule has 2 aromatic rings. The third-order valence-corrected chi connectivity index (χ3v) is 2.82. The van der Waals surface area contributed by atoms with Gasteiger partial charge in [0.2, 0.25) is 0 Å². The SMILES string of the molecule is Nc1cc(C2CC2)nc2cc(F)ccc12. The summed E-state index contributed by atoms with van der Waals surface area (Å²) in [4.78, 5) is 4.44. The molecule has 1 aromatic carbocycles. The van der Waals surface area contributed by atoms with E-state index in [2.05, 4.69) is 4.98 Å². The number of anilines is 1. The fraction of sp³-hybridized carbons (Fsp3) is 0.250. The molecule has 3 rings (SSSR count). The zero-order valence-electron chi connectivity index (χ0n) is 8.20. The van der Waals surface area contributed by atoms with Gasteiger partial charge in [-0.1, -0.05) is 0 Å². The first kappa shape index (κ1) is 8.65. The number of benzene rings is 1. The first-order valence-electron chi connectivity index (χ1n) is 5.10. The zero-order valence-corrected chi connectivity index (χ0v) is 8.20. The van der Waals surface area contributed by atoms with E-state index in [1.54, 1.807) is 6.07 Å². The molecule has 0 aliphatic heterocycles. The monoisotopic (exact) mass is 202 g/mol. The van der Waals surface area contributed by atoms with Gasteiger partial charge in [-0.2, -0.15) is 0 Å². The number of fused-ring (bicyclic) bond motifs is 1. The number of rotatable bonds is 1. The zero-order chi connectivity index (χ0) is 10.4. The molecule has 15 heavy (non-hydrogen) atoms. The molecular weight excluding hydrogens is 191 g/mol. The van der Waals surface area contributed by atoms with E-state index in [-0.39, 0.29) is 5.82 Å². The summed E-state index contributed by atoms with van der Waals surface area (Å²) in [6.07, 6.45) is 2.35. The Bertz CT molecular complexity index is 532. The van der Waals surface area contributed by atoms with Crippen molar-refractivity contribution in [3.8, 4) is 0 Å². The van der Waals surface area contributed by atoms with Gasteiger partial charge in [-0.15, -0.1) is 0 Å². The van der Waals surface area contributed by atoms with Crippen LogP contribution in [0.5, 0.6) is 0 Å². The Kier molecular flexibility index (Phi) is 1.69. The molecule has 0 spiro atoms. The van der Waals surface area contributed by atoms with Crippen molar-refractivity contribution >= 4 is 16.6 Å². The third kappa shape index (κ3) is 1.44. The van der Waals surface area contributed by atoms with Crippen molar-refractivity contribution in [1.29, 1.82) is 0 Å². The summed E-state index contributed by atoms with van der Waals surface area (Å²) < 4.78 is 13.0. The number of aromatic nitrogens is 1. The first-order valence-corrected chi connectivity index (χ1v) is 5.10. The molecular formula is C12H11FN2. The maximum Gasteiger partial charge on any atom is 0.125 e. The molecule has 3 heteroatoms. The summed E-state index contributed by atoms with van der Waals surface area (Å²) in [5.74, 6) is 0.280. The van der Waals surface area contributed by atoms with Crippen LogP contribution in [0.1, 0.15) is 24.5 Å². The van der Waals surface area contributed by atoms with Gasteiger partial charge in [-0.3, -0.25) is 4.98 Å². The lowest BCUT2D eigenvalue weighted by Gasteiger charge is -2.05. The minimum absolute atomic E-state index is 0.262. The van der Waals surface area contributed by atoms with Crippen LogP contribution in [0, 0.1) is 5.82 Å². The van der Waals surface area contributed by atoms with Crippen molar-refractivity contribution in [2.24, 2.45) is 0 Å². The van der Waals surface area contributed by atoms with Gasteiger partial charge < -0.3 is 5.73 Å². The molecule has 1 aliphatic rings. The van der Waals surface area contributed by atoms with Crippen molar-refractivity contribution in [3.05, 3.63) is 35.8 Å². The standard InChI is InChI=1S/C12H11FN2/c13-8-3-4-9-10(14)6-11(7-1-2-7)15-12(9)5-8/h3-7H,1-2H2,(H2,14,15).